The summed E-state index contributed by atoms with van der Waals surface area (Å²) < 4.78 is 5.35. The zero-order chi connectivity index (χ0) is 11.8. The number of hydrogen-bond acceptors (Lipinski definition) is 3. The van der Waals surface area contributed by atoms with E-state index in [9.17, 15) is 4.79 Å². The number of ketones is 1. The minimum absolute atomic E-state index is 0.155. The molecular weight excluding hydrogens is 202 g/mol. The molecule has 1 aromatic carbocycles. The Kier molecular flexibility index (Phi) is 5.57. The highest BCUT2D eigenvalue weighted by Gasteiger charge is 2.05. The van der Waals surface area contributed by atoms with E-state index in [0.29, 0.717) is 13.0 Å². The van der Waals surface area contributed by atoms with E-state index in [-0.39, 0.29) is 5.78 Å². The van der Waals surface area contributed by atoms with Crippen LogP contribution >= 0.6 is 0 Å². The molecule has 0 bridgehead atoms. The molecule has 0 saturated heterocycles. The first-order valence-electron chi connectivity index (χ1n) is 5.74. The molecule has 0 spiro atoms. The van der Waals surface area contributed by atoms with Crippen molar-refractivity contribution >= 4 is 5.78 Å². The third-order valence-corrected chi connectivity index (χ3v) is 2.25. The van der Waals surface area contributed by atoms with E-state index < -0.39 is 0 Å². The van der Waals surface area contributed by atoms with Crippen molar-refractivity contribution < 1.29 is 9.53 Å². The number of ether oxygens (including phenoxy) is 1. The molecule has 0 amide bonds. The Morgan fingerprint density at radius 3 is 2.88 bits per heavy atom. The van der Waals surface area contributed by atoms with Crippen molar-refractivity contribution in [2.45, 2.75) is 20.3 Å². The summed E-state index contributed by atoms with van der Waals surface area (Å²) in [5.74, 6) is 0.916. The van der Waals surface area contributed by atoms with E-state index in [1.807, 2.05) is 32.0 Å². The van der Waals surface area contributed by atoms with Crippen molar-refractivity contribution in [2.75, 3.05) is 19.7 Å². The topological polar surface area (TPSA) is 38.3 Å². The largest absolute Gasteiger partial charge is 0.494 e. The maximum atomic E-state index is 11.8. The monoisotopic (exact) mass is 221 g/mol. The van der Waals surface area contributed by atoms with Crippen LogP contribution in [-0.2, 0) is 0 Å². The summed E-state index contributed by atoms with van der Waals surface area (Å²) >= 11 is 0. The van der Waals surface area contributed by atoms with Crippen molar-refractivity contribution in [3.63, 3.8) is 0 Å². The van der Waals surface area contributed by atoms with Crippen LogP contribution in [0, 0.1) is 0 Å². The van der Waals surface area contributed by atoms with Gasteiger partial charge in [-0.05, 0) is 25.6 Å². The highest BCUT2D eigenvalue weighted by atomic mass is 16.5. The molecule has 1 N–H and O–H groups in total. The second-order valence-corrected chi connectivity index (χ2v) is 3.49. The second-order valence-electron chi connectivity index (χ2n) is 3.49. The summed E-state index contributed by atoms with van der Waals surface area (Å²) in [4.78, 5) is 11.8. The van der Waals surface area contributed by atoms with Crippen molar-refractivity contribution in [1.82, 2.24) is 5.32 Å². The molecule has 0 atom stereocenters. The highest BCUT2D eigenvalue weighted by molar-refractivity contribution is 5.96. The van der Waals surface area contributed by atoms with Gasteiger partial charge in [-0.1, -0.05) is 19.1 Å². The van der Waals surface area contributed by atoms with Crippen molar-refractivity contribution in [3.05, 3.63) is 29.8 Å². The Morgan fingerprint density at radius 2 is 2.19 bits per heavy atom. The van der Waals surface area contributed by atoms with Gasteiger partial charge in [0.25, 0.3) is 0 Å². The molecule has 0 aromatic heterocycles. The van der Waals surface area contributed by atoms with Crippen LogP contribution in [0.2, 0.25) is 0 Å². The molecule has 0 radical (unpaired) electrons. The van der Waals surface area contributed by atoms with E-state index in [1.165, 1.54) is 0 Å². The quantitative estimate of drug-likeness (QED) is 0.567. The number of carbonyl (C=O) groups excluding carboxylic acids is 1. The van der Waals surface area contributed by atoms with Gasteiger partial charge in [-0.2, -0.15) is 0 Å². The average molecular weight is 221 g/mol. The molecule has 0 aliphatic carbocycles. The SMILES string of the molecule is CCNCCC(=O)c1cccc(OCC)c1. The molecule has 0 aliphatic rings. The predicted molar refractivity (Wildman–Crippen MR) is 65.1 cm³/mol. The molecule has 3 heteroatoms. The lowest BCUT2D eigenvalue weighted by atomic mass is 10.1. The molecule has 88 valence electrons. The average Bonchev–Trinajstić information content (AvgIpc) is 2.30. The molecule has 0 heterocycles. The van der Waals surface area contributed by atoms with E-state index >= 15 is 0 Å². The summed E-state index contributed by atoms with van der Waals surface area (Å²) in [6, 6.07) is 7.35. The fourth-order valence-corrected chi connectivity index (χ4v) is 1.45. The van der Waals surface area contributed by atoms with Gasteiger partial charge in [-0.25, -0.2) is 0 Å². The van der Waals surface area contributed by atoms with Gasteiger partial charge in [0, 0.05) is 18.5 Å². The zero-order valence-corrected chi connectivity index (χ0v) is 9.95. The first kappa shape index (κ1) is 12.7. The lowest BCUT2D eigenvalue weighted by molar-refractivity contribution is 0.0982. The fourth-order valence-electron chi connectivity index (χ4n) is 1.45. The summed E-state index contributed by atoms with van der Waals surface area (Å²) in [6.07, 6.45) is 0.531. The number of nitrogens with one attached hydrogen (secondary N) is 1. The Balaban J connectivity index is 2.57. The van der Waals surface area contributed by atoms with E-state index in [2.05, 4.69) is 5.32 Å². The lowest BCUT2D eigenvalue weighted by Gasteiger charge is -2.05. The van der Waals surface area contributed by atoms with Gasteiger partial charge >= 0.3 is 0 Å². The minimum atomic E-state index is 0.155. The maximum absolute atomic E-state index is 11.8. The maximum Gasteiger partial charge on any atom is 0.164 e. The van der Waals surface area contributed by atoms with Crippen LogP contribution < -0.4 is 10.1 Å². The third kappa shape index (κ3) is 4.03. The second kappa shape index (κ2) is 7.01. The molecule has 0 unspecified atom stereocenters. The van der Waals surface area contributed by atoms with E-state index in [0.717, 1.165) is 24.4 Å². The Morgan fingerprint density at radius 1 is 1.38 bits per heavy atom. The lowest BCUT2D eigenvalue weighted by Crippen LogP contribution is -2.17. The van der Waals surface area contributed by atoms with Gasteiger partial charge in [0.1, 0.15) is 5.75 Å². The summed E-state index contributed by atoms with van der Waals surface area (Å²) in [5.41, 5.74) is 0.726. The van der Waals surface area contributed by atoms with E-state index in [4.69, 9.17) is 4.74 Å². The van der Waals surface area contributed by atoms with Gasteiger partial charge in [0.05, 0.1) is 6.61 Å². The van der Waals surface area contributed by atoms with Crippen LogP contribution in [0.1, 0.15) is 30.6 Å². The molecule has 1 aromatic rings. The third-order valence-electron chi connectivity index (χ3n) is 2.25. The van der Waals surface area contributed by atoms with Crippen molar-refractivity contribution in [2.24, 2.45) is 0 Å². The number of carbonyl (C=O) groups is 1. The fraction of sp³-hybridized carbons (Fsp3) is 0.462. The van der Waals surface area contributed by atoms with Crippen LogP contribution in [0.5, 0.6) is 5.75 Å². The molecule has 16 heavy (non-hydrogen) atoms. The van der Waals surface area contributed by atoms with Crippen LogP contribution in [0.15, 0.2) is 24.3 Å². The van der Waals surface area contributed by atoms with Crippen LogP contribution in [0.3, 0.4) is 0 Å². The number of Topliss-reactive ketones (excluding diaryl/α,β-unsaturated/α-hetero) is 1. The number of hydrogen-bond donors (Lipinski definition) is 1. The molecule has 0 saturated carbocycles. The highest BCUT2D eigenvalue weighted by Crippen LogP contribution is 2.14. The van der Waals surface area contributed by atoms with Gasteiger partial charge in [0.15, 0.2) is 5.78 Å². The molecule has 3 nitrogen and oxygen atoms in total. The van der Waals surface area contributed by atoms with Gasteiger partial charge in [0.2, 0.25) is 0 Å². The van der Waals surface area contributed by atoms with Crippen molar-refractivity contribution in [1.29, 1.82) is 0 Å². The van der Waals surface area contributed by atoms with Crippen molar-refractivity contribution in [3.8, 4) is 5.75 Å². The van der Waals surface area contributed by atoms with Gasteiger partial charge < -0.3 is 10.1 Å². The predicted octanol–water partition coefficient (Wildman–Crippen LogP) is 2.27. The molecule has 1 rings (SSSR count). The standard InChI is InChI=1S/C13H19NO2/c1-3-14-9-8-13(15)11-6-5-7-12(10-11)16-4-2/h5-7,10,14H,3-4,8-9H2,1-2H3. The molecule has 0 aliphatic heterocycles. The molecular formula is C13H19NO2. The summed E-state index contributed by atoms with van der Waals surface area (Å²) in [6.45, 7) is 6.20. The smallest absolute Gasteiger partial charge is 0.164 e. The normalized spacial score (nSPS) is 10.1. The van der Waals surface area contributed by atoms with Crippen LogP contribution in [-0.4, -0.2) is 25.5 Å². The first-order chi connectivity index (χ1) is 7.77. The summed E-state index contributed by atoms with van der Waals surface area (Å²) in [7, 11) is 0. The Labute approximate surface area is 96.8 Å². The van der Waals surface area contributed by atoms with E-state index in [1.54, 1.807) is 6.07 Å². The van der Waals surface area contributed by atoms with Gasteiger partial charge in [-0.3, -0.25) is 4.79 Å². The molecule has 0 fully saturated rings. The first-order valence-corrected chi connectivity index (χ1v) is 5.74. The van der Waals surface area contributed by atoms with Crippen LogP contribution in [0.4, 0.5) is 0 Å². The van der Waals surface area contributed by atoms with Crippen LogP contribution in [0.25, 0.3) is 0 Å². The number of benzene rings is 1. The summed E-state index contributed by atoms with van der Waals surface area (Å²) in [5, 5.41) is 3.14. The van der Waals surface area contributed by atoms with Gasteiger partial charge in [-0.15, -0.1) is 0 Å². The number of rotatable bonds is 7. The Hall–Kier alpha value is -1.35. The zero-order valence-electron chi connectivity index (χ0n) is 9.95. The Bertz CT molecular complexity index is 336. The minimum Gasteiger partial charge on any atom is -0.494 e.